The van der Waals surface area contributed by atoms with Gasteiger partial charge in [0.1, 0.15) is 6.61 Å². The van der Waals surface area contributed by atoms with Crippen LogP contribution >= 0.6 is 11.8 Å². The number of aliphatic carboxylic acids is 1. The van der Waals surface area contributed by atoms with E-state index in [1.165, 1.54) is 13.2 Å². The van der Waals surface area contributed by atoms with Crippen molar-refractivity contribution in [2.24, 2.45) is 0 Å². The summed E-state index contributed by atoms with van der Waals surface area (Å²) in [5.41, 5.74) is 0.602. The van der Waals surface area contributed by atoms with Crippen LogP contribution in [0.3, 0.4) is 0 Å². The fourth-order valence-corrected chi connectivity index (χ4v) is 2.53. The molecule has 1 aromatic carbocycles. The number of carboxylic acid groups (broad SMARTS) is 1. The Balaban J connectivity index is 2.26. The van der Waals surface area contributed by atoms with Crippen LogP contribution in [0.5, 0.6) is 11.5 Å². The number of rotatable bonds is 9. The van der Waals surface area contributed by atoms with Crippen molar-refractivity contribution >= 4 is 23.8 Å². The molecular formula is C17H17N2O5S-. The van der Waals surface area contributed by atoms with E-state index in [4.69, 9.17) is 13.9 Å². The minimum Gasteiger partial charge on any atom is -0.544 e. The maximum atomic E-state index is 11.4. The van der Waals surface area contributed by atoms with Gasteiger partial charge < -0.3 is 23.8 Å². The summed E-state index contributed by atoms with van der Waals surface area (Å²) < 4.78 is 16.0. The molecule has 0 atom stereocenters. The lowest BCUT2D eigenvalue weighted by Gasteiger charge is -2.11. The molecule has 1 heterocycles. The fourth-order valence-electron chi connectivity index (χ4n) is 1.84. The molecule has 132 valence electrons. The Morgan fingerprint density at radius 1 is 1.40 bits per heavy atom. The van der Waals surface area contributed by atoms with Gasteiger partial charge in [-0.05, 0) is 35.5 Å². The van der Waals surface area contributed by atoms with E-state index in [0.717, 1.165) is 11.8 Å². The van der Waals surface area contributed by atoms with Gasteiger partial charge in [-0.2, -0.15) is 0 Å². The highest BCUT2D eigenvalue weighted by atomic mass is 32.2. The molecule has 0 aliphatic rings. The number of hydrogen-bond donors (Lipinski definition) is 0. The van der Waals surface area contributed by atoms with Crippen molar-refractivity contribution in [2.75, 3.05) is 13.7 Å². The van der Waals surface area contributed by atoms with Crippen molar-refractivity contribution in [3.63, 3.8) is 0 Å². The van der Waals surface area contributed by atoms with Crippen LogP contribution in [0.25, 0.3) is 6.08 Å². The lowest BCUT2D eigenvalue weighted by molar-refractivity contribution is -0.298. The predicted molar refractivity (Wildman–Crippen MR) is 91.2 cm³/mol. The number of hydrogen-bond acceptors (Lipinski definition) is 8. The molecule has 0 aliphatic carbocycles. The van der Waals surface area contributed by atoms with Crippen LogP contribution in [0, 0.1) is 0 Å². The van der Waals surface area contributed by atoms with Crippen molar-refractivity contribution in [3.05, 3.63) is 47.2 Å². The number of ether oxygens (including phenoxy) is 2. The van der Waals surface area contributed by atoms with Gasteiger partial charge in [0.15, 0.2) is 11.5 Å². The van der Waals surface area contributed by atoms with Crippen LogP contribution in [0.4, 0.5) is 0 Å². The average Bonchev–Trinajstić information content (AvgIpc) is 3.07. The normalized spacial score (nSPS) is 11.2. The third-order valence-corrected chi connectivity index (χ3v) is 3.84. The first-order chi connectivity index (χ1) is 12.1. The Bertz CT molecular complexity index is 785. The van der Waals surface area contributed by atoms with Crippen LogP contribution in [-0.4, -0.2) is 29.9 Å². The van der Waals surface area contributed by atoms with E-state index in [1.54, 1.807) is 24.3 Å². The molecule has 8 heteroatoms. The smallest absolute Gasteiger partial charge is 0.281 e. The molecule has 0 fully saturated rings. The maximum absolute atomic E-state index is 11.4. The topological polar surface area (TPSA) is 97.5 Å². The van der Waals surface area contributed by atoms with Gasteiger partial charge in [-0.15, -0.1) is 10.2 Å². The van der Waals surface area contributed by atoms with Crippen molar-refractivity contribution < 1.29 is 23.8 Å². The average molecular weight is 361 g/mol. The van der Waals surface area contributed by atoms with Gasteiger partial charge in [-0.25, -0.2) is 0 Å². The van der Waals surface area contributed by atoms with E-state index in [0.29, 0.717) is 36.0 Å². The molecular weight excluding hydrogens is 344 g/mol. The van der Waals surface area contributed by atoms with Gasteiger partial charge in [-0.1, -0.05) is 25.6 Å². The van der Waals surface area contributed by atoms with Crippen molar-refractivity contribution in [1.82, 2.24) is 10.2 Å². The molecule has 0 amide bonds. The maximum Gasteiger partial charge on any atom is 0.281 e. The molecule has 1 aromatic heterocycles. The van der Waals surface area contributed by atoms with E-state index < -0.39 is 5.97 Å². The molecule has 0 saturated carbocycles. The van der Waals surface area contributed by atoms with Gasteiger partial charge in [0, 0.05) is 11.3 Å². The van der Waals surface area contributed by atoms with Crippen LogP contribution in [0.15, 0.2) is 45.4 Å². The standard InChI is InChI=1S/C17H18N2O5S/c1-4-8-23-12-7-6-11(9-13(12)22-3)10-14(16(20)21)25-17-19-18-15(5-2)24-17/h4,6-7,9-10H,1,5,8H2,2-3H3,(H,20,21)/p-1/b14-10-. The summed E-state index contributed by atoms with van der Waals surface area (Å²) in [5.74, 6) is 0.105. The molecule has 0 bridgehead atoms. The Labute approximate surface area is 149 Å². The lowest BCUT2D eigenvalue weighted by atomic mass is 10.2. The highest BCUT2D eigenvalue weighted by molar-refractivity contribution is 8.03. The van der Waals surface area contributed by atoms with Gasteiger partial charge in [0.25, 0.3) is 5.22 Å². The zero-order valence-corrected chi connectivity index (χ0v) is 14.7. The van der Waals surface area contributed by atoms with Crippen molar-refractivity contribution in [2.45, 2.75) is 18.6 Å². The van der Waals surface area contributed by atoms with Gasteiger partial charge >= 0.3 is 0 Å². The summed E-state index contributed by atoms with van der Waals surface area (Å²) in [6.45, 7) is 5.78. The van der Waals surface area contributed by atoms with Crippen molar-refractivity contribution in [1.29, 1.82) is 0 Å². The molecule has 7 nitrogen and oxygen atoms in total. The number of carboxylic acids is 1. The van der Waals surface area contributed by atoms with Gasteiger partial charge in [0.05, 0.1) is 13.1 Å². The Hall–Kier alpha value is -2.74. The zero-order valence-electron chi connectivity index (χ0n) is 13.9. The van der Waals surface area contributed by atoms with Crippen LogP contribution in [0.1, 0.15) is 18.4 Å². The summed E-state index contributed by atoms with van der Waals surface area (Å²) in [6.07, 6.45) is 3.63. The largest absolute Gasteiger partial charge is 0.544 e. The molecule has 0 saturated heterocycles. The van der Waals surface area contributed by atoms with E-state index in [1.807, 2.05) is 6.92 Å². The first-order valence-corrected chi connectivity index (χ1v) is 8.24. The molecule has 25 heavy (non-hydrogen) atoms. The third kappa shape index (κ3) is 5.12. The van der Waals surface area contributed by atoms with E-state index >= 15 is 0 Å². The molecule has 0 aliphatic heterocycles. The second kappa shape index (κ2) is 8.93. The molecule has 2 rings (SSSR count). The monoisotopic (exact) mass is 361 g/mol. The summed E-state index contributed by atoms with van der Waals surface area (Å²) in [6, 6.07) is 5.05. The molecule has 2 aromatic rings. The first-order valence-electron chi connectivity index (χ1n) is 7.42. The zero-order chi connectivity index (χ0) is 18.2. The van der Waals surface area contributed by atoms with Gasteiger partial charge in [-0.3, -0.25) is 0 Å². The third-order valence-electron chi connectivity index (χ3n) is 2.99. The number of aromatic nitrogens is 2. The summed E-state index contributed by atoms with van der Waals surface area (Å²) >= 11 is 0.833. The lowest BCUT2D eigenvalue weighted by Crippen LogP contribution is -2.23. The minimum atomic E-state index is -1.34. The SMILES string of the molecule is C=CCOc1ccc(/C=C(\Sc2nnc(CC)o2)C(=O)[O-])cc1OC. The Kier molecular flexibility index (Phi) is 6.64. The quantitative estimate of drug-likeness (QED) is 0.380. The van der Waals surface area contributed by atoms with E-state index in [2.05, 4.69) is 16.8 Å². The molecule has 0 unspecified atom stereocenters. The number of carbonyl (C=O) groups excluding carboxylic acids is 1. The molecule has 0 radical (unpaired) electrons. The van der Waals surface area contributed by atoms with Crippen LogP contribution in [-0.2, 0) is 11.2 Å². The Morgan fingerprint density at radius 2 is 2.20 bits per heavy atom. The van der Waals surface area contributed by atoms with E-state index in [-0.39, 0.29) is 10.1 Å². The van der Waals surface area contributed by atoms with Crippen molar-refractivity contribution in [3.8, 4) is 11.5 Å². The number of thioether (sulfide) groups is 1. The van der Waals surface area contributed by atoms with E-state index in [9.17, 15) is 9.90 Å². The van der Waals surface area contributed by atoms with Crippen LogP contribution in [0.2, 0.25) is 0 Å². The highest BCUT2D eigenvalue weighted by Crippen LogP contribution is 2.31. The summed E-state index contributed by atoms with van der Waals surface area (Å²) in [5, 5.41) is 19.1. The number of aryl methyl sites for hydroxylation is 1. The summed E-state index contributed by atoms with van der Waals surface area (Å²) in [4.78, 5) is 11.3. The minimum absolute atomic E-state index is 0.0619. The molecule has 0 N–H and O–H groups in total. The van der Waals surface area contributed by atoms with Crippen LogP contribution < -0.4 is 14.6 Å². The van der Waals surface area contributed by atoms with Gasteiger partial charge in [0.2, 0.25) is 5.89 Å². The highest BCUT2D eigenvalue weighted by Gasteiger charge is 2.11. The fraction of sp³-hybridized carbons (Fsp3) is 0.235. The summed E-state index contributed by atoms with van der Waals surface area (Å²) in [7, 11) is 1.50. The number of carbonyl (C=O) groups is 1. The predicted octanol–water partition coefficient (Wildman–Crippen LogP) is 2.09. The number of nitrogens with zero attached hydrogens (tertiary/aromatic N) is 2. The Morgan fingerprint density at radius 3 is 2.80 bits per heavy atom. The second-order valence-electron chi connectivity index (χ2n) is 4.72. The molecule has 0 spiro atoms. The number of methoxy groups -OCH3 is 1. The second-order valence-corrected chi connectivity index (χ2v) is 5.72. The number of benzene rings is 1. The first kappa shape index (κ1) is 18.6.